The van der Waals surface area contributed by atoms with Crippen molar-refractivity contribution in [2.24, 2.45) is 5.11 Å². The number of carboxylic acids is 1. The minimum Gasteiger partial charge on any atom is -0.481 e. The van der Waals surface area contributed by atoms with Gasteiger partial charge in [0.1, 0.15) is 0 Å². The standard InChI is InChI=1S/C11H11FN4O4/c12-8-5-4-7(6-10(8)16(19)20)9(14-15-13)2-1-3-11(17)18/h4-6,9H,1-3H2,(H,17,18). The molecule has 0 fully saturated rings. The Hall–Kier alpha value is -2.67. The van der Waals surface area contributed by atoms with E-state index in [1.165, 1.54) is 6.07 Å². The van der Waals surface area contributed by atoms with E-state index in [2.05, 4.69) is 10.0 Å². The van der Waals surface area contributed by atoms with Crippen molar-refractivity contribution < 1.29 is 19.2 Å². The van der Waals surface area contributed by atoms with Crippen LogP contribution < -0.4 is 0 Å². The van der Waals surface area contributed by atoms with Crippen molar-refractivity contribution in [2.75, 3.05) is 0 Å². The van der Waals surface area contributed by atoms with Crippen LogP contribution in [0.15, 0.2) is 23.3 Å². The largest absolute Gasteiger partial charge is 0.481 e. The van der Waals surface area contributed by atoms with Gasteiger partial charge in [0, 0.05) is 17.4 Å². The van der Waals surface area contributed by atoms with E-state index in [1.54, 1.807) is 0 Å². The topological polar surface area (TPSA) is 129 Å². The zero-order chi connectivity index (χ0) is 15.1. The molecule has 20 heavy (non-hydrogen) atoms. The van der Waals surface area contributed by atoms with Gasteiger partial charge in [-0.3, -0.25) is 14.9 Å². The average Bonchev–Trinajstić information content (AvgIpc) is 2.37. The number of aliphatic carboxylic acids is 1. The van der Waals surface area contributed by atoms with E-state index in [1.807, 2.05) is 0 Å². The number of azide groups is 1. The van der Waals surface area contributed by atoms with Gasteiger partial charge in [0.05, 0.1) is 11.0 Å². The minimum absolute atomic E-state index is 0.110. The third-order valence-electron chi connectivity index (χ3n) is 2.61. The lowest BCUT2D eigenvalue weighted by Gasteiger charge is -2.10. The van der Waals surface area contributed by atoms with Crippen molar-refractivity contribution >= 4 is 11.7 Å². The number of nitro groups is 1. The molecule has 0 aliphatic heterocycles. The number of rotatable bonds is 7. The Morgan fingerprint density at radius 1 is 1.60 bits per heavy atom. The molecule has 0 saturated carbocycles. The fourth-order valence-electron chi connectivity index (χ4n) is 1.68. The quantitative estimate of drug-likeness (QED) is 0.270. The normalized spacial score (nSPS) is 11.4. The van der Waals surface area contributed by atoms with Gasteiger partial charge in [0.15, 0.2) is 0 Å². The molecule has 1 aromatic carbocycles. The van der Waals surface area contributed by atoms with Crippen LogP contribution >= 0.6 is 0 Å². The summed E-state index contributed by atoms with van der Waals surface area (Å²) >= 11 is 0. The SMILES string of the molecule is [N-]=[N+]=NC(CCCC(=O)O)c1ccc(F)c([N+](=O)[O-])c1. The van der Waals surface area contributed by atoms with Crippen LogP contribution in [-0.2, 0) is 4.79 Å². The molecular formula is C11H11FN4O4. The highest BCUT2D eigenvalue weighted by Gasteiger charge is 2.18. The molecule has 9 heteroatoms. The predicted octanol–water partition coefficient (Wildman–Crippen LogP) is 3.34. The number of carboxylic acid groups (broad SMARTS) is 1. The third kappa shape index (κ3) is 4.21. The summed E-state index contributed by atoms with van der Waals surface area (Å²) in [5, 5.41) is 22.6. The number of benzene rings is 1. The molecule has 1 unspecified atom stereocenters. The number of hydrogen-bond acceptors (Lipinski definition) is 4. The molecule has 0 aromatic heterocycles. The summed E-state index contributed by atoms with van der Waals surface area (Å²) in [5.74, 6) is -1.97. The van der Waals surface area contributed by atoms with E-state index >= 15 is 0 Å². The van der Waals surface area contributed by atoms with Crippen LogP contribution in [0.1, 0.15) is 30.9 Å². The fraction of sp³-hybridized carbons (Fsp3) is 0.364. The Bertz CT molecular complexity index is 572. The first kappa shape index (κ1) is 15.4. The number of halogens is 1. The molecular weight excluding hydrogens is 271 g/mol. The zero-order valence-electron chi connectivity index (χ0n) is 10.3. The summed E-state index contributed by atoms with van der Waals surface area (Å²) in [4.78, 5) is 22.8. The van der Waals surface area contributed by atoms with Crippen molar-refractivity contribution in [3.8, 4) is 0 Å². The Labute approximate surface area is 112 Å². The predicted molar refractivity (Wildman–Crippen MR) is 66.4 cm³/mol. The summed E-state index contributed by atoms with van der Waals surface area (Å²) in [7, 11) is 0. The van der Waals surface area contributed by atoms with Gasteiger partial charge in [-0.05, 0) is 30.0 Å². The van der Waals surface area contributed by atoms with Gasteiger partial charge in [-0.2, -0.15) is 4.39 Å². The molecule has 0 bridgehead atoms. The molecule has 0 radical (unpaired) electrons. The van der Waals surface area contributed by atoms with Gasteiger partial charge in [-0.15, -0.1) is 0 Å². The number of hydrogen-bond donors (Lipinski definition) is 1. The van der Waals surface area contributed by atoms with Crippen molar-refractivity contribution in [3.05, 3.63) is 50.1 Å². The second-order valence-electron chi connectivity index (χ2n) is 3.97. The smallest absolute Gasteiger partial charge is 0.305 e. The maximum absolute atomic E-state index is 13.2. The lowest BCUT2D eigenvalue weighted by molar-refractivity contribution is -0.387. The molecule has 1 rings (SSSR count). The first-order valence-electron chi connectivity index (χ1n) is 5.65. The molecule has 0 saturated heterocycles. The van der Waals surface area contributed by atoms with Crippen LogP contribution in [-0.4, -0.2) is 16.0 Å². The van der Waals surface area contributed by atoms with Crippen molar-refractivity contribution in [1.82, 2.24) is 0 Å². The average molecular weight is 282 g/mol. The van der Waals surface area contributed by atoms with Crippen LogP contribution in [0.4, 0.5) is 10.1 Å². The zero-order valence-corrected chi connectivity index (χ0v) is 10.3. The van der Waals surface area contributed by atoms with E-state index in [4.69, 9.17) is 10.6 Å². The summed E-state index contributed by atoms with van der Waals surface area (Å²) in [6.07, 6.45) is 0.337. The molecule has 0 amide bonds. The molecule has 106 valence electrons. The highest BCUT2D eigenvalue weighted by molar-refractivity contribution is 5.66. The van der Waals surface area contributed by atoms with E-state index in [9.17, 15) is 19.3 Å². The Morgan fingerprint density at radius 3 is 2.85 bits per heavy atom. The van der Waals surface area contributed by atoms with Crippen LogP contribution in [0.25, 0.3) is 10.4 Å². The summed E-state index contributed by atoms with van der Waals surface area (Å²) < 4.78 is 13.2. The molecule has 1 atom stereocenters. The lowest BCUT2D eigenvalue weighted by Crippen LogP contribution is -2.01. The van der Waals surface area contributed by atoms with E-state index in [0.29, 0.717) is 0 Å². The van der Waals surface area contributed by atoms with Crippen molar-refractivity contribution in [1.29, 1.82) is 0 Å². The summed E-state index contributed by atoms with van der Waals surface area (Å²) in [5.41, 5.74) is 8.04. The van der Waals surface area contributed by atoms with Crippen LogP contribution in [0, 0.1) is 15.9 Å². The van der Waals surface area contributed by atoms with Gasteiger partial charge in [0.25, 0.3) is 0 Å². The van der Waals surface area contributed by atoms with Gasteiger partial charge in [-0.25, -0.2) is 0 Å². The molecule has 1 aromatic rings. The van der Waals surface area contributed by atoms with Crippen LogP contribution in [0.5, 0.6) is 0 Å². The molecule has 0 spiro atoms. The molecule has 0 aliphatic carbocycles. The molecule has 0 heterocycles. The fourth-order valence-corrected chi connectivity index (χ4v) is 1.68. The second-order valence-corrected chi connectivity index (χ2v) is 3.97. The monoisotopic (exact) mass is 282 g/mol. The lowest BCUT2D eigenvalue weighted by atomic mass is 10.0. The highest BCUT2D eigenvalue weighted by Crippen LogP contribution is 2.28. The van der Waals surface area contributed by atoms with Gasteiger partial charge in [0.2, 0.25) is 5.82 Å². The van der Waals surface area contributed by atoms with E-state index < -0.39 is 28.4 Å². The maximum atomic E-state index is 13.2. The summed E-state index contributed by atoms with van der Waals surface area (Å²) in [6, 6.07) is 2.43. The Balaban J connectivity index is 2.97. The maximum Gasteiger partial charge on any atom is 0.305 e. The van der Waals surface area contributed by atoms with E-state index in [-0.39, 0.29) is 24.8 Å². The molecule has 0 aliphatic rings. The van der Waals surface area contributed by atoms with Crippen LogP contribution in [0.3, 0.4) is 0 Å². The molecule has 8 nitrogen and oxygen atoms in total. The highest BCUT2D eigenvalue weighted by atomic mass is 19.1. The number of nitrogens with zero attached hydrogens (tertiary/aromatic N) is 4. The van der Waals surface area contributed by atoms with E-state index in [0.717, 1.165) is 12.1 Å². The first-order chi connectivity index (χ1) is 9.45. The molecule has 1 N–H and O–H groups in total. The minimum atomic E-state index is -0.991. The third-order valence-corrected chi connectivity index (χ3v) is 2.61. The summed E-state index contributed by atoms with van der Waals surface area (Å²) in [6.45, 7) is 0. The second kappa shape index (κ2) is 7.05. The first-order valence-corrected chi connectivity index (χ1v) is 5.65. The van der Waals surface area contributed by atoms with Crippen molar-refractivity contribution in [2.45, 2.75) is 25.3 Å². The van der Waals surface area contributed by atoms with Gasteiger partial charge < -0.3 is 5.11 Å². The Kier molecular flexibility index (Phi) is 5.42. The Morgan fingerprint density at radius 2 is 2.30 bits per heavy atom. The van der Waals surface area contributed by atoms with Gasteiger partial charge >= 0.3 is 11.7 Å². The number of nitro benzene ring substituents is 1. The number of carbonyl (C=O) groups is 1. The van der Waals surface area contributed by atoms with Crippen LogP contribution in [0.2, 0.25) is 0 Å². The van der Waals surface area contributed by atoms with Crippen molar-refractivity contribution in [3.63, 3.8) is 0 Å². The van der Waals surface area contributed by atoms with Gasteiger partial charge in [-0.1, -0.05) is 11.2 Å².